The molecule has 0 unspecified atom stereocenters. The van der Waals surface area contributed by atoms with Crippen LogP contribution in [0.15, 0.2) is 41.0 Å². The van der Waals surface area contributed by atoms with E-state index < -0.39 is 0 Å². The molecule has 0 aliphatic carbocycles. The highest BCUT2D eigenvalue weighted by molar-refractivity contribution is 9.10. The summed E-state index contributed by atoms with van der Waals surface area (Å²) in [5, 5.41) is 0. The Morgan fingerprint density at radius 3 is 2.84 bits per heavy atom. The number of nitrogens with zero attached hydrogens (tertiary/aromatic N) is 3. The Morgan fingerprint density at radius 1 is 1.26 bits per heavy atom. The summed E-state index contributed by atoms with van der Waals surface area (Å²) in [4.78, 5) is 8.67. The van der Waals surface area contributed by atoms with Crippen molar-refractivity contribution in [1.82, 2.24) is 14.5 Å². The van der Waals surface area contributed by atoms with Crippen molar-refractivity contribution >= 4 is 32.9 Å². The van der Waals surface area contributed by atoms with Crippen LogP contribution in [-0.2, 0) is 6.54 Å². The summed E-state index contributed by atoms with van der Waals surface area (Å²) in [5.41, 5.74) is 10.0. The van der Waals surface area contributed by atoms with Crippen LogP contribution in [0.5, 0.6) is 0 Å². The molecule has 2 N–H and O–H groups in total. The highest BCUT2D eigenvalue weighted by Gasteiger charge is 2.09. The Hall–Kier alpha value is -1.88. The minimum atomic E-state index is 0.522. The first-order chi connectivity index (χ1) is 9.13. The van der Waals surface area contributed by atoms with E-state index in [4.69, 9.17) is 5.73 Å². The molecule has 0 radical (unpaired) electrons. The van der Waals surface area contributed by atoms with Crippen LogP contribution in [-0.4, -0.2) is 14.5 Å². The van der Waals surface area contributed by atoms with E-state index in [9.17, 15) is 0 Å². The van der Waals surface area contributed by atoms with E-state index in [1.165, 1.54) is 0 Å². The number of benzene rings is 1. The van der Waals surface area contributed by atoms with Gasteiger partial charge in [-0.1, -0.05) is 22.0 Å². The van der Waals surface area contributed by atoms with Gasteiger partial charge in [0.2, 0.25) is 5.95 Å². The molecule has 5 heteroatoms. The van der Waals surface area contributed by atoms with Crippen molar-refractivity contribution in [1.29, 1.82) is 0 Å². The fourth-order valence-corrected chi connectivity index (χ4v) is 2.40. The molecule has 0 aliphatic rings. The fraction of sp³-hybridized carbons (Fsp3) is 0.143. The Labute approximate surface area is 119 Å². The molecule has 96 valence electrons. The first-order valence-corrected chi connectivity index (χ1v) is 6.75. The second kappa shape index (κ2) is 4.66. The van der Waals surface area contributed by atoms with Crippen molar-refractivity contribution in [3.8, 4) is 0 Å². The van der Waals surface area contributed by atoms with Gasteiger partial charge >= 0.3 is 0 Å². The minimum absolute atomic E-state index is 0.522. The first-order valence-electron chi connectivity index (χ1n) is 5.96. The van der Waals surface area contributed by atoms with Crippen LogP contribution in [0, 0.1) is 6.92 Å². The molecule has 4 nitrogen and oxygen atoms in total. The molecule has 3 rings (SSSR count). The van der Waals surface area contributed by atoms with Gasteiger partial charge in [0, 0.05) is 16.4 Å². The van der Waals surface area contributed by atoms with Crippen molar-refractivity contribution in [3.05, 3.63) is 52.3 Å². The van der Waals surface area contributed by atoms with Crippen molar-refractivity contribution in [2.24, 2.45) is 0 Å². The number of halogens is 1. The summed E-state index contributed by atoms with van der Waals surface area (Å²) in [5.74, 6) is 0.522. The third-order valence-corrected chi connectivity index (χ3v) is 3.55. The van der Waals surface area contributed by atoms with Gasteiger partial charge in [-0.3, -0.25) is 4.98 Å². The third-order valence-electron chi connectivity index (χ3n) is 3.05. The van der Waals surface area contributed by atoms with Gasteiger partial charge in [-0.05, 0) is 36.8 Å². The van der Waals surface area contributed by atoms with Gasteiger partial charge in [-0.2, -0.15) is 0 Å². The zero-order chi connectivity index (χ0) is 13.4. The molecule has 0 atom stereocenters. The largest absolute Gasteiger partial charge is 0.369 e. The number of imidazole rings is 1. The number of anilines is 1. The molecule has 19 heavy (non-hydrogen) atoms. The van der Waals surface area contributed by atoms with Crippen molar-refractivity contribution in [2.45, 2.75) is 13.5 Å². The predicted octanol–water partition coefficient (Wildman–Crippen LogP) is 3.13. The lowest BCUT2D eigenvalue weighted by Gasteiger charge is -2.06. The van der Waals surface area contributed by atoms with E-state index in [1.54, 1.807) is 0 Å². The lowest BCUT2D eigenvalue weighted by atomic mass is 10.2. The molecular formula is C14H13BrN4. The van der Waals surface area contributed by atoms with E-state index in [2.05, 4.69) is 32.0 Å². The van der Waals surface area contributed by atoms with Gasteiger partial charge in [0.05, 0.1) is 17.6 Å². The van der Waals surface area contributed by atoms with Gasteiger partial charge in [0.15, 0.2) is 0 Å². The molecule has 0 amide bonds. The average molecular weight is 317 g/mol. The zero-order valence-corrected chi connectivity index (χ0v) is 12.1. The molecule has 0 spiro atoms. The van der Waals surface area contributed by atoms with Crippen LogP contribution in [0.1, 0.15) is 11.3 Å². The number of pyridine rings is 1. The van der Waals surface area contributed by atoms with Gasteiger partial charge in [0.1, 0.15) is 0 Å². The van der Waals surface area contributed by atoms with Crippen LogP contribution in [0.25, 0.3) is 11.0 Å². The topological polar surface area (TPSA) is 56.7 Å². The van der Waals surface area contributed by atoms with E-state index >= 15 is 0 Å². The molecule has 0 fully saturated rings. The maximum Gasteiger partial charge on any atom is 0.201 e. The summed E-state index contributed by atoms with van der Waals surface area (Å²) in [7, 11) is 0. The smallest absolute Gasteiger partial charge is 0.201 e. The number of hydrogen-bond donors (Lipinski definition) is 1. The number of fused-ring (bicyclic) bond motifs is 1. The first kappa shape index (κ1) is 12.2. The molecule has 2 heterocycles. The molecule has 1 aromatic carbocycles. The van der Waals surface area contributed by atoms with Gasteiger partial charge in [-0.25, -0.2) is 4.98 Å². The van der Waals surface area contributed by atoms with Gasteiger partial charge in [-0.15, -0.1) is 0 Å². The number of rotatable bonds is 2. The molecule has 2 aromatic heterocycles. The Bertz CT molecular complexity index is 731. The van der Waals surface area contributed by atoms with Gasteiger partial charge < -0.3 is 10.3 Å². The number of hydrogen-bond acceptors (Lipinski definition) is 3. The molecule has 0 aliphatic heterocycles. The van der Waals surface area contributed by atoms with E-state index in [0.29, 0.717) is 12.5 Å². The molecule has 3 aromatic rings. The minimum Gasteiger partial charge on any atom is -0.369 e. The summed E-state index contributed by atoms with van der Waals surface area (Å²) >= 11 is 3.48. The van der Waals surface area contributed by atoms with Crippen LogP contribution in [0.4, 0.5) is 5.95 Å². The lowest BCUT2D eigenvalue weighted by Crippen LogP contribution is -2.05. The Morgan fingerprint density at radius 2 is 2.11 bits per heavy atom. The normalized spacial score (nSPS) is 11.1. The van der Waals surface area contributed by atoms with Gasteiger partial charge in [0.25, 0.3) is 0 Å². The Balaban J connectivity index is 2.06. The monoisotopic (exact) mass is 316 g/mol. The quantitative estimate of drug-likeness (QED) is 0.790. The van der Waals surface area contributed by atoms with Crippen LogP contribution in [0.2, 0.25) is 0 Å². The van der Waals surface area contributed by atoms with Crippen molar-refractivity contribution in [3.63, 3.8) is 0 Å². The molecule has 0 saturated carbocycles. The summed E-state index contributed by atoms with van der Waals surface area (Å²) in [6.45, 7) is 2.65. The average Bonchev–Trinajstić information content (AvgIpc) is 2.69. The fourth-order valence-electron chi connectivity index (χ4n) is 2.06. The highest BCUT2D eigenvalue weighted by atomic mass is 79.9. The van der Waals surface area contributed by atoms with E-state index in [1.807, 2.05) is 42.0 Å². The van der Waals surface area contributed by atoms with Crippen LogP contribution >= 0.6 is 15.9 Å². The lowest BCUT2D eigenvalue weighted by molar-refractivity contribution is 0.831. The number of nitrogens with two attached hydrogens (primary N) is 1. The second-order valence-corrected chi connectivity index (χ2v) is 5.41. The van der Waals surface area contributed by atoms with Crippen molar-refractivity contribution in [2.75, 3.05) is 5.73 Å². The SMILES string of the molecule is Cc1ccc(Cn2c(N)nc3ccc(Br)cc32)cn1. The molecule has 0 bridgehead atoms. The summed E-state index contributed by atoms with van der Waals surface area (Å²) in [6, 6.07) is 10.0. The second-order valence-electron chi connectivity index (χ2n) is 4.50. The van der Waals surface area contributed by atoms with Crippen LogP contribution in [0.3, 0.4) is 0 Å². The maximum absolute atomic E-state index is 6.00. The number of nitrogen functional groups attached to an aromatic ring is 1. The summed E-state index contributed by atoms with van der Waals surface area (Å²) < 4.78 is 3.01. The highest BCUT2D eigenvalue weighted by Crippen LogP contribution is 2.23. The maximum atomic E-state index is 6.00. The van der Waals surface area contributed by atoms with Crippen LogP contribution < -0.4 is 5.73 Å². The van der Waals surface area contributed by atoms with Crippen molar-refractivity contribution < 1.29 is 0 Å². The summed E-state index contributed by atoms with van der Waals surface area (Å²) in [6.07, 6.45) is 1.87. The third kappa shape index (κ3) is 2.33. The predicted molar refractivity (Wildman–Crippen MR) is 79.9 cm³/mol. The van der Waals surface area contributed by atoms with E-state index in [0.717, 1.165) is 26.8 Å². The Kier molecular flexibility index (Phi) is 2.98. The number of aromatic nitrogens is 3. The van der Waals surface area contributed by atoms with E-state index in [-0.39, 0.29) is 0 Å². The standard InChI is InChI=1S/C14H13BrN4/c1-9-2-3-10(7-17-9)8-19-13-6-11(15)4-5-12(13)18-14(19)16/h2-7H,8H2,1H3,(H2,16,18). The number of aryl methyl sites for hydroxylation is 1. The zero-order valence-electron chi connectivity index (χ0n) is 10.5. The molecule has 0 saturated heterocycles. The molecular weight excluding hydrogens is 304 g/mol.